The van der Waals surface area contributed by atoms with Gasteiger partial charge in [0, 0.05) is 0 Å². The second kappa shape index (κ2) is 4.48. The lowest BCUT2D eigenvalue weighted by atomic mass is 10.8. The summed E-state index contributed by atoms with van der Waals surface area (Å²) < 4.78 is 0. The third-order valence-corrected chi connectivity index (χ3v) is 1.58. The van der Waals surface area contributed by atoms with Crippen LogP contribution < -0.4 is 0 Å². The maximum absolute atomic E-state index is 6.63. The van der Waals surface area contributed by atoms with E-state index >= 15 is 0 Å². The van der Waals surface area contributed by atoms with E-state index in [1.807, 2.05) is 12.3 Å². The molecule has 0 unspecified atom stereocenters. The van der Waals surface area contributed by atoms with Crippen LogP contribution in [0.3, 0.4) is 0 Å². The molecule has 0 amide bonds. The normalized spacial score (nSPS) is 10.9. The lowest BCUT2D eigenvalue weighted by molar-refractivity contribution is 1.30. The van der Waals surface area contributed by atoms with Crippen molar-refractivity contribution in [3.05, 3.63) is 12.5 Å². The SMILES string of the molecule is CS/C(N=C=N)=N\c1cnc[nH]1. The number of H-pyrrole nitrogens is 1. The lowest BCUT2D eigenvalue weighted by Crippen LogP contribution is -1.82. The molecule has 0 radical (unpaired) electrons. The number of aromatic amines is 1. The molecule has 0 aliphatic rings. The second-order valence-corrected chi connectivity index (χ2v) is 2.53. The number of aromatic nitrogens is 2. The summed E-state index contributed by atoms with van der Waals surface area (Å²) in [6.45, 7) is 0. The Morgan fingerprint density at radius 2 is 2.67 bits per heavy atom. The molecule has 0 spiro atoms. The first-order chi connectivity index (χ1) is 5.86. The molecule has 1 heterocycles. The van der Waals surface area contributed by atoms with E-state index in [2.05, 4.69) is 20.0 Å². The number of nitrogens with one attached hydrogen (secondary N) is 2. The summed E-state index contributed by atoms with van der Waals surface area (Å²) in [7, 11) is 0. The van der Waals surface area contributed by atoms with Crippen LogP contribution in [0.25, 0.3) is 0 Å². The molecule has 6 heteroatoms. The summed E-state index contributed by atoms with van der Waals surface area (Å²) in [4.78, 5) is 14.2. The van der Waals surface area contributed by atoms with Crippen LogP contribution in [0.2, 0.25) is 0 Å². The van der Waals surface area contributed by atoms with Gasteiger partial charge in [0.1, 0.15) is 0 Å². The molecule has 0 aliphatic heterocycles. The molecule has 0 aliphatic carbocycles. The van der Waals surface area contributed by atoms with Crippen molar-refractivity contribution in [3.63, 3.8) is 0 Å². The Balaban J connectivity index is 2.85. The van der Waals surface area contributed by atoms with E-state index in [9.17, 15) is 0 Å². The first-order valence-corrected chi connectivity index (χ1v) is 4.33. The van der Waals surface area contributed by atoms with Crippen LogP contribution in [0.5, 0.6) is 0 Å². The molecule has 0 atom stereocenters. The average molecular weight is 181 g/mol. The fraction of sp³-hybridized carbons (Fsp3) is 0.167. The van der Waals surface area contributed by atoms with Gasteiger partial charge in [-0.3, -0.25) is 0 Å². The highest BCUT2D eigenvalue weighted by molar-refractivity contribution is 8.13. The van der Waals surface area contributed by atoms with Gasteiger partial charge < -0.3 is 4.98 Å². The standard InChI is InChI=1S/C6H7N5S/c1-12-6(9-3-7)11-5-2-8-4-10-5/h2,4,7H,1H3,(H,8,10)/b11-6-. The van der Waals surface area contributed by atoms with E-state index in [4.69, 9.17) is 5.41 Å². The molecule has 1 rings (SSSR count). The second-order valence-electron chi connectivity index (χ2n) is 1.76. The summed E-state index contributed by atoms with van der Waals surface area (Å²) >= 11 is 1.35. The summed E-state index contributed by atoms with van der Waals surface area (Å²) in [5.41, 5.74) is 0. The van der Waals surface area contributed by atoms with Gasteiger partial charge in [0.25, 0.3) is 0 Å². The largest absolute Gasteiger partial charge is 0.330 e. The van der Waals surface area contributed by atoms with Crippen LogP contribution in [0.1, 0.15) is 0 Å². The first-order valence-electron chi connectivity index (χ1n) is 3.10. The molecule has 0 saturated heterocycles. The Morgan fingerprint density at radius 1 is 1.83 bits per heavy atom. The molecule has 62 valence electrons. The van der Waals surface area contributed by atoms with Crippen molar-refractivity contribution in [3.8, 4) is 0 Å². The molecule has 5 nitrogen and oxygen atoms in total. The lowest BCUT2D eigenvalue weighted by Gasteiger charge is -1.89. The van der Waals surface area contributed by atoms with Crippen molar-refractivity contribution in [2.45, 2.75) is 0 Å². The number of aliphatic imine (C=N–C) groups is 2. The van der Waals surface area contributed by atoms with Crippen LogP contribution in [0, 0.1) is 5.41 Å². The van der Waals surface area contributed by atoms with Gasteiger partial charge in [0.15, 0.2) is 11.0 Å². The van der Waals surface area contributed by atoms with Crippen molar-refractivity contribution in [2.24, 2.45) is 9.98 Å². The summed E-state index contributed by atoms with van der Waals surface area (Å²) in [5, 5.41) is 7.11. The van der Waals surface area contributed by atoms with Crippen molar-refractivity contribution in [1.82, 2.24) is 9.97 Å². The third-order valence-electron chi connectivity index (χ3n) is 1.03. The van der Waals surface area contributed by atoms with Crippen LogP contribution >= 0.6 is 11.8 Å². The van der Waals surface area contributed by atoms with Gasteiger partial charge in [-0.05, 0) is 6.26 Å². The van der Waals surface area contributed by atoms with E-state index in [1.54, 1.807) is 6.20 Å². The molecule has 0 bridgehead atoms. The van der Waals surface area contributed by atoms with E-state index in [0.717, 1.165) is 0 Å². The van der Waals surface area contributed by atoms with Crippen molar-refractivity contribution >= 4 is 28.8 Å². The fourth-order valence-electron chi connectivity index (χ4n) is 0.577. The highest BCUT2D eigenvalue weighted by atomic mass is 32.2. The monoisotopic (exact) mass is 181 g/mol. The van der Waals surface area contributed by atoms with E-state index in [0.29, 0.717) is 11.0 Å². The molecule has 1 aromatic heterocycles. The smallest absolute Gasteiger partial charge is 0.199 e. The maximum Gasteiger partial charge on any atom is 0.199 e. The Hall–Kier alpha value is -1.39. The Labute approximate surface area is 73.6 Å². The minimum Gasteiger partial charge on any atom is -0.330 e. The molecule has 2 N–H and O–H groups in total. The number of rotatable bonds is 1. The van der Waals surface area contributed by atoms with Crippen molar-refractivity contribution < 1.29 is 0 Å². The average Bonchev–Trinajstić information content (AvgIpc) is 2.56. The zero-order chi connectivity index (χ0) is 8.81. The summed E-state index contributed by atoms with van der Waals surface area (Å²) in [5.74, 6) is 0.623. The van der Waals surface area contributed by atoms with E-state index in [-0.39, 0.29) is 0 Å². The molecular weight excluding hydrogens is 174 g/mol. The fourth-order valence-corrected chi connectivity index (χ4v) is 0.903. The van der Waals surface area contributed by atoms with Gasteiger partial charge >= 0.3 is 0 Å². The predicted octanol–water partition coefficient (Wildman–Crippen LogP) is 1.51. The quantitative estimate of drug-likeness (QED) is 0.509. The zero-order valence-corrected chi connectivity index (χ0v) is 7.22. The minimum atomic E-state index is 0.481. The number of hydrogen-bond acceptors (Lipinski definition) is 4. The highest BCUT2D eigenvalue weighted by Gasteiger charge is 1.94. The van der Waals surface area contributed by atoms with Gasteiger partial charge in [-0.15, -0.1) is 0 Å². The zero-order valence-electron chi connectivity index (χ0n) is 6.40. The number of hydrogen-bond donors (Lipinski definition) is 2. The Kier molecular flexibility index (Phi) is 3.25. The van der Waals surface area contributed by atoms with Crippen LogP contribution in [0.15, 0.2) is 22.5 Å². The topological polar surface area (TPSA) is 77.2 Å². The van der Waals surface area contributed by atoms with Crippen LogP contribution in [-0.2, 0) is 0 Å². The van der Waals surface area contributed by atoms with Crippen molar-refractivity contribution in [2.75, 3.05) is 6.26 Å². The summed E-state index contributed by atoms with van der Waals surface area (Å²) in [6, 6.07) is 1.92. The molecule has 0 saturated carbocycles. The number of nitrogens with zero attached hydrogens (tertiary/aromatic N) is 3. The minimum absolute atomic E-state index is 0.481. The predicted molar refractivity (Wildman–Crippen MR) is 49.4 cm³/mol. The van der Waals surface area contributed by atoms with E-state index < -0.39 is 0 Å². The van der Waals surface area contributed by atoms with Gasteiger partial charge in [-0.2, -0.15) is 4.99 Å². The molecule has 0 fully saturated rings. The van der Waals surface area contributed by atoms with E-state index in [1.165, 1.54) is 18.1 Å². The maximum atomic E-state index is 6.63. The summed E-state index contributed by atoms with van der Waals surface area (Å²) in [6.07, 6.45) is 4.94. The highest BCUT2D eigenvalue weighted by Crippen LogP contribution is 2.09. The molecule has 0 aromatic carbocycles. The first kappa shape index (κ1) is 8.70. The Bertz CT molecular complexity index is 309. The van der Waals surface area contributed by atoms with Crippen molar-refractivity contribution in [1.29, 1.82) is 5.41 Å². The Morgan fingerprint density at radius 3 is 3.17 bits per heavy atom. The number of thioether (sulfide) groups is 1. The number of imidazole rings is 1. The van der Waals surface area contributed by atoms with Gasteiger partial charge in [-0.25, -0.2) is 15.4 Å². The number of amidine groups is 1. The van der Waals surface area contributed by atoms with Gasteiger partial charge in [0.2, 0.25) is 0 Å². The molecular formula is C6H7N5S. The van der Waals surface area contributed by atoms with Crippen LogP contribution in [-0.4, -0.2) is 27.4 Å². The van der Waals surface area contributed by atoms with Gasteiger partial charge in [-0.1, -0.05) is 11.8 Å². The van der Waals surface area contributed by atoms with Gasteiger partial charge in [0.05, 0.1) is 18.5 Å². The molecule has 1 aromatic rings. The van der Waals surface area contributed by atoms with Crippen LogP contribution in [0.4, 0.5) is 5.82 Å². The molecule has 12 heavy (non-hydrogen) atoms. The third kappa shape index (κ3) is 2.34.